The number of carbonyl (C=O) groups is 3. The van der Waals surface area contributed by atoms with Crippen LogP contribution in [0.3, 0.4) is 0 Å². The predicted octanol–water partition coefficient (Wildman–Crippen LogP) is 4.46. The van der Waals surface area contributed by atoms with E-state index < -0.39 is 17.9 Å². The van der Waals surface area contributed by atoms with Crippen LogP contribution in [0.2, 0.25) is 0 Å². The molecule has 0 radical (unpaired) electrons. The maximum atomic E-state index is 13.3. The van der Waals surface area contributed by atoms with Gasteiger partial charge in [-0.1, -0.05) is 72.4 Å². The third-order valence-corrected chi connectivity index (χ3v) is 6.89. The lowest BCUT2D eigenvalue weighted by Gasteiger charge is -2.22. The van der Waals surface area contributed by atoms with E-state index in [2.05, 4.69) is 5.32 Å². The molecule has 0 aliphatic carbocycles. The summed E-state index contributed by atoms with van der Waals surface area (Å²) in [6.45, 7) is 0.721. The van der Waals surface area contributed by atoms with E-state index in [1.165, 1.54) is 0 Å². The highest BCUT2D eigenvalue weighted by molar-refractivity contribution is 8.14. The van der Waals surface area contributed by atoms with Gasteiger partial charge in [-0.25, -0.2) is 4.79 Å². The molecule has 1 N–H and O–H groups in total. The molecule has 6 nitrogen and oxygen atoms in total. The molecule has 0 saturated heterocycles. The monoisotopic (exact) mass is 537 g/mol. The second kappa shape index (κ2) is 17.4. The fraction of sp³-hybridized carbons (Fsp3) is 0.423. The normalized spacial score (nSPS) is 12.5. The second-order valence-corrected chi connectivity index (χ2v) is 10.0. The van der Waals surface area contributed by atoms with E-state index in [0.29, 0.717) is 42.4 Å². The first kappa shape index (κ1) is 29.2. The van der Waals surface area contributed by atoms with Crippen LogP contribution in [0.4, 0.5) is 0 Å². The molecule has 190 valence electrons. The van der Waals surface area contributed by atoms with Gasteiger partial charge in [0.05, 0.1) is 19.1 Å². The number of amides is 1. The first-order valence-electron chi connectivity index (χ1n) is 11.4. The number of hydrogen-bond acceptors (Lipinski definition) is 7. The SMILES string of the molecule is CSCC[C@H](NC(=O)C(CSC(=O)c1ccccc1)Cc1ccccc1)C(=O)OCCOCCCl. The fourth-order valence-corrected chi connectivity index (χ4v) is 4.70. The van der Waals surface area contributed by atoms with Crippen molar-refractivity contribution in [2.75, 3.05) is 43.5 Å². The van der Waals surface area contributed by atoms with Crippen molar-refractivity contribution in [1.29, 1.82) is 0 Å². The Morgan fingerprint density at radius 3 is 2.31 bits per heavy atom. The van der Waals surface area contributed by atoms with Crippen LogP contribution in [0.1, 0.15) is 22.3 Å². The van der Waals surface area contributed by atoms with Crippen LogP contribution in [-0.4, -0.2) is 66.5 Å². The minimum atomic E-state index is -0.768. The Balaban J connectivity index is 2.04. The van der Waals surface area contributed by atoms with Crippen molar-refractivity contribution in [2.24, 2.45) is 5.92 Å². The lowest BCUT2D eigenvalue weighted by molar-refractivity contribution is -0.149. The Morgan fingerprint density at radius 1 is 0.971 bits per heavy atom. The van der Waals surface area contributed by atoms with E-state index in [9.17, 15) is 14.4 Å². The van der Waals surface area contributed by atoms with E-state index in [4.69, 9.17) is 21.1 Å². The molecule has 0 bridgehead atoms. The lowest BCUT2D eigenvalue weighted by atomic mass is 9.99. The van der Waals surface area contributed by atoms with Crippen LogP contribution < -0.4 is 5.32 Å². The van der Waals surface area contributed by atoms with E-state index in [-0.39, 0.29) is 24.2 Å². The number of thioether (sulfide) groups is 2. The molecular weight excluding hydrogens is 506 g/mol. The molecule has 0 aliphatic rings. The van der Waals surface area contributed by atoms with E-state index in [0.717, 1.165) is 17.3 Å². The summed E-state index contributed by atoms with van der Waals surface area (Å²) in [6.07, 6.45) is 2.84. The molecule has 2 aromatic rings. The summed E-state index contributed by atoms with van der Waals surface area (Å²) in [4.78, 5) is 38.6. The maximum Gasteiger partial charge on any atom is 0.328 e. The van der Waals surface area contributed by atoms with Gasteiger partial charge in [-0.2, -0.15) is 11.8 Å². The number of alkyl halides is 1. The molecule has 0 heterocycles. The molecule has 2 aromatic carbocycles. The van der Waals surface area contributed by atoms with E-state index >= 15 is 0 Å². The summed E-state index contributed by atoms with van der Waals surface area (Å²) in [7, 11) is 0. The molecule has 0 saturated carbocycles. The Morgan fingerprint density at radius 2 is 1.66 bits per heavy atom. The summed E-state index contributed by atoms with van der Waals surface area (Å²) in [6, 6.07) is 17.9. The average molecular weight is 538 g/mol. The fourth-order valence-electron chi connectivity index (χ4n) is 3.19. The quantitative estimate of drug-likeness (QED) is 0.192. The second-order valence-electron chi connectivity index (χ2n) is 7.66. The van der Waals surface area contributed by atoms with Crippen molar-refractivity contribution in [1.82, 2.24) is 5.32 Å². The molecule has 2 atom stereocenters. The number of carbonyl (C=O) groups excluding carboxylic acids is 3. The third-order valence-electron chi connectivity index (χ3n) is 5.03. The van der Waals surface area contributed by atoms with Gasteiger partial charge in [0.15, 0.2) is 0 Å². The van der Waals surface area contributed by atoms with Crippen molar-refractivity contribution in [3.05, 3.63) is 71.8 Å². The number of benzene rings is 2. The maximum absolute atomic E-state index is 13.3. The zero-order valence-electron chi connectivity index (χ0n) is 19.8. The van der Waals surface area contributed by atoms with Crippen LogP contribution in [0.25, 0.3) is 0 Å². The molecule has 9 heteroatoms. The van der Waals surface area contributed by atoms with Crippen LogP contribution in [0.5, 0.6) is 0 Å². The van der Waals surface area contributed by atoms with Gasteiger partial charge in [-0.05, 0) is 30.4 Å². The highest BCUT2D eigenvalue weighted by Crippen LogP contribution is 2.20. The molecule has 1 amide bonds. The van der Waals surface area contributed by atoms with Gasteiger partial charge in [0.25, 0.3) is 0 Å². The summed E-state index contributed by atoms with van der Waals surface area (Å²) >= 11 is 8.27. The Labute approximate surface area is 220 Å². The van der Waals surface area contributed by atoms with Crippen molar-refractivity contribution in [3.63, 3.8) is 0 Å². The van der Waals surface area contributed by atoms with Crippen LogP contribution in [0, 0.1) is 5.92 Å². The minimum absolute atomic E-state index is 0.0910. The summed E-state index contributed by atoms with van der Waals surface area (Å²) in [5, 5.41) is 2.78. The number of ether oxygens (including phenoxy) is 2. The van der Waals surface area contributed by atoms with Gasteiger partial charge in [-0.15, -0.1) is 11.6 Å². The van der Waals surface area contributed by atoms with Crippen molar-refractivity contribution in [2.45, 2.75) is 18.9 Å². The molecule has 0 fully saturated rings. The van der Waals surface area contributed by atoms with E-state index in [1.807, 2.05) is 54.8 Å². The first-order chi connectivity index (χ1) is 17.0. The van der Waals surface area contributed by atoms with Crippen molar-refractivity contribution < 1.29 is 23.9 Å². The van der Waals surface area contributed by atoms with Gasteiger partial charge in [0, 0.05) is 17.2 Å². The number of rotatable bonds is 16. The van der Waals surface area contributed by atoms with Crippen molar-refractivity contribution >= 4 is 52.1 Å². The number of halogens is 1. The van der Waals surface area contributed by atoms with Gasteiger partial charge in [-0.3, -0.25) is 9.59 Å². The largest absolute Gasteiger partial charge is 0.462 e. The number of hydrogen-bond donors (Lipinski definition) is 1. The minimum Gasteiger partial charge on any atom is -0.462 e. The Hall–Kier alpha value is -2.00. The number of esters is 1. The smallest absolute Gasteiger partial charge is 0.328 e. The van der Waals surface area contributed by atoms with Crippen LogP contribution in [-0.2, 0) is 25.5 Å². The summed E-state index contributed by atoms with van der Waals surface area (Å²) < 4.78 is 10.5. The predicted molar refractivity (Wildman–Crippen MR) is 144 cm³/mol. The molecule has 0 aromatic heterocycles. The van der Waals surface area contributed by atoms with Crippen LogP contribution in [0.15, 0.2) is 60.7 Å². The first-order valence-corrected chi connectivity index (χ1v) is 14.3. The van der Waals surface area contributed by atoms with Gasteiger partial charge in [0.1, 0.15) is 12.6 Å². The topological polar surface area (TPSA) is 81.7 Å². The molecule has 2 rings (SSSR count). The molecule has 0 aliphatic heterocycles. The highest BCUT2D eigenvalue weighted by atomic mass is 35.5. The molecule has 35 heavy (non-hydrogen) atoms. The van der Waals surface area contributed by atoms with Gasteiger partial charge < -0.3 is 14.8 Å². The van der Waals surface area contributed by atoms with Gasteiger partial charge in [0.2, 0.25) is 11.0 Å². The Kier molecular flexibility index (Phi) is 14.6. The number of nitrogens with one attached hydrogen (secondary N) is 1. The summed E-state index contributed by atoms with van der Waals surface area (Å²) in [5.41, 5.74) is 1.58. The summed E-state index contributed by atoms with van der Waals surface area (Å²) in [5.74, 6) is 0.0931. The average Bonchev–Trinajstić information content (AvgIpc) is 2.89. The third kappa shape index (κ3) is 11.5. The highest BCUT2D eigenvalue weighted by Gasteiger charge is 2.27. The molecule has 0 spiro atoms. The standard InChI is InChI=1S/C26H32ClNO5S2/c1-34-17-12-23(25(30)33-16-15-32-14-13-27)28-24(29)22(18-20-8-4-2-5-9-20)19-35-26(31)21-10-6-3-7-11-21/h2-11,22-23H,12-19H2,1H3,(H,28,29)/t22?,23-/m0/s1. The molecular formula is C26H32ClNO5S2. The van der Waals surface area contributed by atoms with Crippen LogP contribution >= 0.6 is 35.1 Å². The van der Waals surface area contributed by atoms with Crippen molar-refractivity contribution in [3.8, 4) is 0 Å². The van der Waals surface area contributed by atoms with Gasteiger partial charge >= 0.3 is 5.97 Å². The zero-order valence-corrected chi connectivity index (χ0v) is 22.2. The zero-order chi connectivity index (χ0) is 25.3. The Bertz CT molecular complexity index is 901. The molecule has 1 unspecified atom stereocenters. The lowest BCUT2D eigenvalue weighted by Crippen LogP contribution is -2.46. The van der Waals surface area contributed by atoms with E-state index in [1.54, 1.807) is 23.9 Å².